The van der Waals surface area contributed by atoms with Gasteiger partial charge in [0.2, 0.25) is 0 Å². The molecule has 0 heterocycles. The average molecular weight is 178 g/mol. The van der Waals surface area contributed by atoms with Crippen molar-refractivity contribution in [3.63, 3.8) is 0 Å². The summed E-state index contributed by atoms with van der Waals surface area (Å²) in [5, 5.41) is 10.3. The summed E-state index contributed by atoms with van der Waals surface area (Å²) in [6.07, 6.45) is 8.05. The molecule has 4 fully saturated rings. The van der Waals surface area contributed by atoms with Gasteiger partial charge in [0.05, 0.1) is 5.60 Å². The van der Waals surface area contributed by atoms with Crippen LogP contribution in [0.15, 0.2) is 12.7 Å². The van der Waals surface area contributed by atoms with Crippen molar-refractivity contribution in [3.8, 4) is 0 Å². The SMILES string of the molecule is C=CC1C2CC3CC1CC(O)(C3)C2. The Balaban J connectivity index is 1.94. The molecule has 13 heavy (non-hydrogen) atoms. The highest BCUT2D eigenvalue weighted by Crippen LogP contribution is 2.58. The first kappa shape index (κ1) is 8.05. The standard InChI is InChI=1S/C12H18O/c1-2-11-9-3-8-4-10(11)7-12(13,5-8)6-9/h2,8-11,13H,1,3-7H2. The fourth-order valence-electron chi connectivity index (χ4n) is 4.41. The first-order chi connectivity index (χ1) is 6.20. The molecule has 4 rings (SSSR count). The Morgan fingerprint density at radius 2 is 1.77 bits per heavy atom. The van der Waals surface area contributed by atoms with Crippen LogP contribution in [-0.2, 0) is 0 Å². The molecule has 4 aliphatic rings. The molecule has 0 radical (unpaired) electrons. The molecule has 1 nitrogen and oxygen atoms in total. The summed E-state index contributed by atoms with van der Waals surface area (Å²) in [6, 6.07) is 0. The van der Waals surface area contributed by atoms with Gasteiger partial charge in [-0.3, -0.25) is 0 Å². The largest absolute Gasteiger partial charge is 0.390 e. The molecule has 1 N–H and O–H groups in total. The van der Waals surface area contributed by atoms with Crippen LogP contribution in [0, 0.1) is 23.7 Å². The molecule has 2 unspecified atom stereocenters. The molecule has 0 aromatic rings. The van der Waals surface area contributed by atoms with E-state index in [2.05, 4.69) is 12.7 Å². The number of aliphatic hydroxyl groups is 1. The third kappa shape index (κ3) is 1.03. The van der Waals surface area contributed by atoms with Crippen LogP contribution >= 0.6 is 0 Å². The lowest BCUT2D eigenvalue weighted by Gasteiger charge is -2.57. The molecule has 2 atom stereocenters. The molecule has 0 spiro atoms. The molecule has 0 saturated heterocycles. The van der Waals surface area contributed by atoms with Crippen molar-refractivity contribution in [2.45, 2.75) is 37.7 Å². The normalized spacial score (nSPS) is 58.2. The van der Waals surface area contributed by atoms with Crippen LogP contribution in [0.5, 0.6) is 0 Å². The summed E-state index contributed by atoms with van der Waals surface area (Å²) in [5.74, 6) is 3.07. The van der Waals surface area contributed by atoms with Gasteiger partial charge in [0.15, 0.2) is 0 Å². The van der Waals surface area contributed by atoms with Crippen molar-refractivity contribution in [2.24, 2.45) is 23.7 Å². The summed E-state index contributed by atoms with van der Waals surface area (Å²) in [5.41, 5.74) is -0.268. The van der Waals surface area contributed by atoms with Gasteiger partial charge in [0, 0.05) is 0 Å². The summed E-state index contributed by atoms with van der Waals surface area (Å²) in [6.45, 7) is 3.95. The van der Waals surface area contributed by atoms with Crippen molar-refractivity contribution in [2.75, 3.05) is 0 Å². The lowest BCUT2D eigenvalue weighted by molar-refractivity contribution is -0.141. The van der Waals surface area contributed by atoms with Crippen molar-refractivity contribution >= 4 is 0 Å². The van der Waals surface area contributed by atoms with Crippen LogP contribution in [0.4, 0.5) is 0 Å². The lowest BCUT2D eigenvalue weighted by Crippen LogP contribution is -2.54. The maximum absolute atomic E-state index is 10.3. The zero-order chi connectivity index (χ0) is 9.05. The topological polar surface area (TPSA) is 20.2 Å². The average Bonchev–Trinajstić information content (AvgIpc) is 2.00. The number of hydrogen-bond donors (Lipinski definition) is 1. The van der Waals surface area contributed by atoms with Crippen LogP contribution in [0.25, 0.3) is 0 Å². The fraction of sp³-hybridized carbons (Fsp3) is 0.833. The van der Waals surface area contributed by atoms with Crippen LogP contribution in [-0.4, -0.2) is 10.7 Å². The minimum absolute atomic E-state index is 0.268. The third-order valence-electron chi connectivity index (χ3n) is 4.59. The van der Waals surface area contributed by atoms with Crippen molar-refractivity contribution in [1.82, 2.24) is 0 Å². The molecule has 0 aliphatic heterocycles. The van der Waals surface area contributed by atoms with Gasteiger partial charge in [-0.05, 0) is 55.8 Å². The predicted octanol–water partition coefficient (Wildman–Crippen LogP) is 2.36. The van der Waals surface area contributed by atoms with Crippen LogP contribution in [0.2, 0.25) is 0 Å². The predicted molar refractivity (Wildman–Crippen MR) is 52.2 cm³/mol. The molecule has 0 aromatic carbocycles. The molecule has 72 valence electrons. The Kier molecular flexibility index (Phi) is 1.48. The van der Waals surface area contributed by atoms with Crippen LogP contribution in [0.3, 0.4) is 0 Å². The van der Waals surface area contributed by atoms with Crippen LogP contribution in [0.1, 0.15) is 32.1 Å². The molecular formula is C12H18O. The summed E-state index contributed by atoms with van der Waals surface area (Å²) < 4.78 is 0. The summed E-state index contributed by atoms with van der Waals surface area (Å²) >= 11 is 0. The van der Waals surface area contributed by atoms with Crippen molar-refractivity contribution in [1.29, 1.82) is 0 Å². The zero-order valence-corrected chi connectivity index (χ0v) is 8.08. The first-order valence-corrected chi connectivity index (χ1v) is 5.55. The minimum Gasteiger partial charge on any atom is -0.390 e. The Morgan fingerprint density at radius 3 is 2.23 bits per heavy atom. The monoisotopic (exact) mass is 178 g/mol. The summed E-state index contributed by atoms with van der Waals surface area (Å²) in [4.78, 5) is 0. The maximum atomic E-state index is 10.3. The number of hydrogen-bond acceptors (Lipinski definition) is 1. The fourth-order valence-corrected chi connectivity index (χ4v) is 4.41. The van der Waals surface area contributed by atoms with Gasteiger partial charge >= 0.3 is 0 Å². The van der Waals surface area contributed by atoms with Crippen molar-refractivity contribution < 1.29 is 5.11 Å². The van der Waals surface area contributed by atoms with Gasteiger partial charge in [-0.2, -0.15) is 0 Å². The second kappa shape index (κ2) is 2.38. The highest BCUT2D eigenvalue weighted by atomic mass is 16.3. The van der Waals surface area contributed by atoms with E-state index in [9.17, 15) is 5.11 Å². The highest BCUT2D eigenvalue weighted by Gasteiger charge is 2.53. The molecule has 0 aromatic heterocycles. The van der Waals surface area contributed by atoms with Gasteiger partial charge in [-0.1, -0.05) is 6.08 Å². The van der Waals surface area contributed by atoms with E-state index >= 15 is 0 Å². The third-order valence-corrected chi connectivity index (χ3v) is 4.59. The van der Waals surface area contributed by atoms with E-state index in [-0.39, 0.29) is 5.60 Å². The lowest BCUT2D eigenvalue weighted by atomic mass is 9.50. The van der Waals surface area contributed by atoms with Crippen molar-refractivity contribution in [3.05, 3.63) is 12.7 Å². The van der Waals surface area contributed by atoms with E-state index in [1.165, 1.54) is 12.8 Å². The second-order valence-corrected chi connectivity index (χ2v) is 5.51. The van der Waals surface area contributed by atoms with E-state index in [0.717, 1.165) is 42.9 Å². The van der Waals surface area contributed by atoms with E-state index < -0.39 is 0 Å². The first-order valence-electron chi connectivity index (χ1n) is 5.55. The smallest absolute Gasteiger partial charge is 0.0656 e. The maximum Gasteiger partial charge on any atom is 0.0656 e. The summed E-state index contributed by atoms with van der Waals surface area (Å²) in [7, 11) is 0. The Labute approximate surface area is 79.8 Å². The van der Waals surface area contributed by atoms with E-state index in [4.69, 9.17) is 0 Å². The minimum atomic E-state index is -0.268. The molecule has 4 bridgehead atoms. The molecule has 1 heteroatoms. The molecule has 0 amide bonds. The number of allylic oxidation sites excluding steroid dienone is 1. The second-order valence-electron chi connectivity index (χ2n) is 5.51. The van der Waals surface area contributed by atoms with Gasteiger partial charge < -0.3 is 5.11 Å². The van der Waals surface area contributed by atoms with Gasteiger partial charge in [-0.15, -0.1) is 6.58 Å². The Hall–Kier alpha value is -0.300. The quantitative estimate of drug-likeness (QED) is 0.611. The molecule has 4 aliphatic carbocycles. The number of rotatable bonds is 1. The van der Waals surface area contributed by atoms with E-state index in [1.54, 1.807) is 0 Å². The van der Waals surface area contributed by atoms with Crippen LogP contribution < -0.4 is 0 Å². The van der Waals surface area contributed by atoms with E-state index in [0.29, 0.717) is 0 Å². The molecular weight excluding hydrogens is 160 g/mol. The van der Waals surface area contributed by atoms with Gasteiger partial charge in [0.25, 0.3) is 0 Å². The molecule has 4 saturated carbocycles. The Morgan fingerprint density at radius 1 is 1.15 bits per heavy atom. The highest BCUT2D eigenvalue weighted by molar-refractivity contribution is 5.08. The zero-order valence-electron chi connectivity index (χ0n) is 8.08. The van der Waals surface area contributed by atoms with E-state index in [1.807, 2.05) is 0 Å². The van der Waals surface area contributed by atoms with Gasteiger partial charge in [-0.25, -0.2) is 0 Å². The Bertz CT molecular complexity index is 230. The van der Waals surface area contributed by atoms with Gasteiger partial charge in [0.1, 0.15) is 0 Å².